The molecule has 0 rings (SSSR count). The molecule has 6 nitrogen and oxygen atoms in total. The number of hydrogen-bond donors (Lipinski definition) is 0. The Morgan fingerprint density at radius 2 is 0.565 bits per heavy atom. The summed E-state index contributed by atoms with van der Waals surface area (Å²) in [7, 11) is 0. The maximum absolute atomic E-state index is 12.8. The first kappa shape index (κ1) is 60.4. The van der Waals surface area contributed by atoms with E-state index < -0.39 is 6.10 Å². The Morgan fingerprint density at radius 3 is 0.839 bits per heavy atom. The van der Waals surface area contributed by atoms with Crippen molar-refractivity contribution in [2.75, 3.05) is 13.2 Å². The third kappa shape index (κ3) is 47.9. The molecule has 62 heavy (non-hydrogen) atoms. The third-order valence-corrected chi connectivity index (χ3v) is 13.0. The van der Waals surface area contributed by atoms with Gasteiger partial charge in [0, 0.05) is 19.3 Å². The van der Waals surface area contributed by atoms with Gasteiger partial charge in [-0.15, -0.1) is 0 Å². The molecule has 0 aliphatic rings. The van der Waals surface area contributed by atoms with Gasteiger partial charge in [-0.2, -0.15) is 0 Å². The standard InChI is InChI=1S/C56H108O6/c1-7-52(6)44-38-32-26-19-16-17-21-28-34-40-46-55(58)61-49-53(62-56(59)47-41-35-29-23-22-25-31-37-43-51(4)5)48-60-54(57)45-39-33-27-20-15-13-11-9-8-10-12-14-18-24-30-36-42-50(2)3/h50-53H,7-49H2,1-6H3/t52?,53-/m1/s1. The molecule has 0 radical (unpaired) electrons. The van der Waals surface area contributed by atoms with Gasteiger partial charge in [-0.25, -0.2) is 0 Å². The van der Waals surface area contributed by atoms with Crippen LogP contribution in [0.25, 0.3) is 0 Å². The van der Waals surface area contributed by atoms with Crippen molar-refractivity contribution in [1.82, 2.24) is 0 Å². The molecule has 6 heteroatoms. The summed E-state index contributed by atoms with van der Waals surface area (Å²) in [6, 6.07) is 0. The van der Waals surface area contributed by atoms with E-state index in [2.05, 4.69) is 41.5 Å². The van der Waals surface area contributed by atoms with Gasteiger partial charge in [0.05, 0.1) is 0 Å². The summed E-state index contributed by atoms with van der Waals surface area (Å²) in [4.78, 5) is 38.0. The fourth-order valence-corrected chi connectivity index (χ4v) is 8.44. The first-order valence-electron chi connectivity index (χ1n) is 27.6. The molecule has 0 saturated heterocycles. The van der Waals surface area contributed by atoms with E-state index in [1.807, 2.05) is 0 Å². The molecule has 0 aromatic carbocycles. The minimum absolute atomic E-state index is 0.0645. The summed E-state index contributed by atoms with van der Waals surface area (Å²) in [5, 5.41) is 0. The van der Waals surface area contributed by atoms with Crippen LogP contribution < -0.4 is 0 Å². The second-order valence-corrected chi connectivity index (χ2v) is 20.4. The molecule has 0 bridgehead atoms. The van der Waals surface area contributed by atoms with Crippen LogP contribution in [-0.2, 0) is 28.6 Å². The van der Waals surface area contributed by atoms with Crippen molar-refractivity contribution in [1.29, 1.82) is 0 Å². The van der Waals surface area contributed by atoms with E-state index in [0.29, 0.717) is 19.3 Å². The van der Waals surface area contributed by atoms with E-state index in [9.17, 15) is 14.4 Å². The Labute approximate surface area is 387 Å². The zero-order chi connectivity index (χ0) is 45.6. The highest BCUT2D eigenvalue weighted by atomic mass is 16.6. The maximum Gasteiger partial charge on any atom is 0.306 e. The largest absolute Gasteiger partial charge is 0.462 e. The summed E-state index contributed by atoms with van der Waals surface area (Å²) in [5.41, 5.74) is 0. The second-order valence-electron chi connectivity index (χ2n) is 20.4. The fourth-order valence-electron chi connectivity index (χ4n) is 8.44. The van der Waals surface area contributed by atoms with Gasteiger partial charge in [-0.1, -0.05) is 266 Å². The van der Waals surface area contributed by atoms with E-state index in [4.69, 9.17) is 14.2 Å². The van der Waals surface area contributed by atoms with Crippen molar-refractivity contribution in [2.45, 2.75) is 311 Å². The molecule has 1 unspecified atom stereocenters. The molecule has 0 aromatic rings. The Bertz CT molecular complexity index is 962. The first-order valence-corrected chi connectivity index (χ1v) is 27.6. The molecule has 2 atom stereocenters. The van der Waals surface area contributed by atoms with Gasteiger partial charge in [-0.05, 0) is 37.0 Å². The van der Waals surface area contributed by atoms with Crippen molar-refractivity contribution in [3.05, 3.63) is 0 Å². The lowest BCUT2D eigenvalue weighted by Gasteiger charge is -2.18. The average molecular weight is 877 g/mol. The third-order valence-electron chi connectivity index (χ3n) is 13.0. The SMILES string of the molecule is CCC(C)CCCCCCCCCCCCC(=O)OC[C@@H](COC(=O)CCCCCCCCCCCCCCCCCCC(C)C)OC(=O)CCCCCCCCCCC(C)C. The summed E-state index contributed by atoms with van der Waals surface area (Å²) in [6.45, 7) is 13.7. The molecule has 0 saturated carbocycles. The van der Waals surface area contributed by atoms with Crippen LogP contribution in [0.4, 0.5) is 0 Å². The molecule has 0 aromatic heterocycles. The lowest BCUT2D eigenvalue weighted by molar-refractivity contribution is -0.167. The molecule has 0 aliphatic heterocycles. The quantitative estimate of drug-likeness (QED) is 0.0344. The van der Waals surface area contributed by atoms with Crippen molar-refractivity contribution in [3.8, 4) is 0 Å². The summed E-state index contributed by atoms with van der Waals surface area (Å²) >= 11 is 0. The number of rotatable bonds is 49. The Balaban J connectivity index is 4.25. The van der Waals surface area contributed by atoms with Gasteiger partial charge < -0.3 is 14.2 Å². The van der Waals surface area contributed by atoms with Crippen LogP contribution >= 0.6 is 0 Å². The molecular formula is C56H108O6. The number of ether oxygens (including phenoxy) is 3. The molecule has 0 heterocycles. The van der Waals surface area contributed by atoms with E-state index in [0.717, 1.165) is 75.5 Å². The van der Waals surface area contributed by atoms with E-state index in [1.54, 1.807) is 0 Å². The molecule has 0 spiro atoms. The molecule has 0 fully saturated rings. The normalized spacial score (nSPS) is 12.6. The summed E-state index contributed by atoms with van der Waals surface area (Å²) in [5.74, 6) is 1.67. The molecule has 0 aliphatic carbocycles. The predicted molar refractivity (Wildman–Crippen MR) is 266 cm³/mol. The highest BCUT2D eigenvalue weighted by Crippen LogP contribution is 2.18. The molecular weight excluding hydrogens is 769 g/mol. The zero-order valence-corrected chi connectivity index (χ0v) is 42.7. The highest BCUT2D eigenvalue weighted by Gasteiger charge is 2.19. The smallest absolute Gasteiger partial charge is 0.306 e. The van der Waals surface area contributed by atoms with Crippen molar-refractivity contribution in [3.63, 3.8) is 0 Å². The van der Waals surface area contributed by atoms with Crippen molar-refractivity contribution >= 4 is 17.9 Å². The van der Waals surface area contributed by atoms with Crippen LogP contribution in [0.3, 0.4) is 0 Å². The highest BCUT2D eigenvalue weighted by molar-refractivity contribution is 5.71. The molecule has 0 N–H and O–H groups in total. The topological polar surface area (TPSA) is 78.9 Å². The zero-order valence-electron chi connectivity index (χ0n) is 42.7. The Hall–Kier alpha value is -1.59. The second kappa shape index (κ2) is 47.4. The van der Waals surface area contributed by atoms with Crippen LogP contribution in [0.1, 0.15) is 305 Å². The molecule has 0 amide bonds. The maximum atomic E-state index is 12.8. The Kier molecular flexibility index (Phi) is 46.2. The van der Waals surface area contributed by atoms with E-state index in [1.165, 1.54) is 186 Å². The molecule has 368 valence electrons. The first-order chi connectivity index (χ1) is 30.1. The van der Waals surface area contributed by atoms with Crippen LogP contribution in [-0.4, -0.2) is 37.2 Å². The Morgan fingerprint density at radius 1 is 0.323 bits per heavy atom. The number of unbranched alkanes of at least 4 members (excludes halogenated alkanes) is 31. The lowest BCUT2D eigenvalue weighted by Crippen LogP contribution is -2.30. The number of esters is 3. The monoisotopic (exact) mass is 877 g/mol. The number of carbonyl (C=O) groups excluding carboxylic acids is 3. The van der Waals surface area contributed by atoms with Gasteiger partial charge in [0.2, 0.25) is 0 Å². The van der Waals surface area contributed by atoms with E-state index >= 15 is 0 Å². The predicted octanol–water partition coefficient (Wildman–Crippen LogP) is 17.9. The summed E-state index contributed by atoms with van der Waals surface area (Å²) < 4.78 is 16.8. The van der Waals surface area contributed by atoms with Crippen LogP contribution in [0.5, 0.6) is 0 Å². The fraction of sp³-hybridized carbons (Fsp3) is 0.946. The van der Waals surface area contributed by atoms with Crippen molar-refractivity contribution in [2.24, 2.45) is 17.8 Å². The number of carbonyl (C=O) groups is 3. The van der Waals surface area contributed by atoms with Gasteiger partial charge in [0.25, 0.3) is 0 Å². The summed E-state index contributed by atoms with van der Waals surface area (Å²) in [6.07, 6.45) is 48.1. The van der Waals surface area contributed by atoms with Crippen LogP contribution in [0.2, 0.25) is 0 Å². The van der Waals surface area contributed by atoms with E-state index in [-0.39, 0.29) is 31.1 Å². The van der Waals surface area contributed by atoms with Gasteiger partial charge in [0.15, 0.2) is 6.10 Å². The minimum Gasteiger partial charge on any atom is -0.462 e. The van der Waals surface area contributed by atoms with Gasteiger partial charge in [-0.3, -0.25) is 14.4 Å². The van der Waals surface area contributed by atoms with Gasteiger partial charge in [0.1, 0.15) is 13.2 Å². The average Bonchev–Trinajstić information content (AvgIpc) is 3.24. The lowest BCUT2D eigenvalue weighted by atomic mass is 9.99. The number of hydrogen-bond acceptors (Lipinski definition) is 6. The minimum atomic E-state index is -0.763. The van der Waals surface area contributed by atoms with Gasteiger partial charge >= 0.3 is 17.9 Å². The van der Waals surface area contributed by atoms with Crippen molar-refractivity contribution < 1.29 is 28.6 Å². The van der Waals surface area contributed by atoms with Crippen LogP contribution in [0, 0.1) is 17.8 Å². The van der Waals surface area contributed by atoms with Crippen LogP contribution in [0.15, 0.2) is 0 Å².